The third-order valence-electron chi connectivity index (χ3n) is 0. The largest absolute Gasteiger partial charge is 2.00 e. The van der Waals surface area contributed by atoms with E-state index >= 15 is 0 Å². The van der Waals surface area contributed by atoms with Crippen molar-refractivity contribution in [2.75, 3.05) is 0 Å². The zero-order valence-electron chi connectivity index (χ0n) is 4.12. The van der Waals surface area contributed by atoms with Crippen LogP contribution in [0.4, 0.5) is 0 Å². The maximum Gasteiger partial charge on any atom is 2.00 e. The summed E-state index contributed by atoms with van der Waals surface area (Å²) in [7, 11) is 0. The Morgan fingerprint density at radius 2 is 1.20 bits per heavy atom. The summed E-state index contributed by atoms with van der Waals surface area (Å²) >= 11 is 0. The Morgan fingerprint density at radius 1 is 1.20 bits per heavy atom. The molecular weight excluding hydrogens is 124 g/mol. The van der Waals surface area contributed by atoms with Gasteiger partial charge in [-0.3, -0.25) is 0 Å². The first-order chi connectivity index (χ1) is 0. The van der Waals surface area contributed by atoms with E-state index in [-0.39, 0.29) is 70.3 Å². The van der Waals surface area contributed by atoms with Crippen LogP contribution in [0.5, 0.6) is 0 Å². The summed E-state index contributed by atoms with van der Waals surface area (Å²) in [6.45, 7) is 0. The zero-order chi connectivity index (χ0) is 0. The molecule has 0 aromatic carbocycles. The monoisotopic (exact) mass is 139 g/mol. The van der Waals surface area contributed by atoms with Crippen LogP contribution in [0.2, 0.25) is 0 Å². The summed E-state index contributed by atoms with van der Waals surface area (Å²) < 4.78 is 0. The van der Waals surface area contributed by atoms with Crippen molar-refractivity contribution < 1.29 is 2.85 Å². The molecule has 1 unspecified atom stereocenters. The fraction of sp³-hybridized carbons (Fsp3) is 0. The summed E-state index contributed by atoms with van der Waals surface area (Å²) in [5.74, 6) is 0. The van der Waals surface area contributed by atoms with Gasteiger partial charge in [-0.1, -0.05) is 0 Å². The molecule has 0 saturated carbocycles. The van der Waals surface area contributed by atoms with Crippen LogP contribution >= 0.6 is 9.90 Å². The Labute approximate surface area is 70.1 Å². The summed E-state index contributed by atoms with van der Waals surface area (Å²) in [6, 6.07) is 0. The van der Waals surface area contributed by atoms with Crippen LogP contribution in [-0.2, 0) is 0 Å². The predicted molar refractivity (Wildman–Crippen MR) is 45.4 cm³/mol. The molecule has 1 nitrogen and oxygen atoms in total. The SMILES string of the molecule is N.P.[AlH3].[H-].[H-].[Mg+2].[SiH4]. The van der Waals surface area contributed by atoms with Gasteiger partial charge in [-0.15, -0.1) is 0 Å². The number of rotatable bonds is 0. The first-order valence-corrected chi connectivity index (χ1v) is 0. The van der Waals surface area contributed by atoms with Crippen LogP contribution in [0.3, 0.4) is 0 Å². The minimum absolute atomic E-state index is 0. The van der Waals surface area contributed by atoms with Crippen molar-refractivity contribution in [3.8, 4) is 0 Å². The minimum Gasteiger partial charge on any atom is -1.00 e. The molecule has 0 aliphatic rings. The van der Waals surface area contributed by atoms with Crippen molar-refractivity contribution in [2.45, 2.75) is 0 Å². The third-order valence-corrected chi connectivity index (χ3v) is 0. The van der Waals surface area contributed by atoms with Crippen molar-refractivity contribution in [1.82, 2.24) is 6.15 Å². The van der Waals surface area contributed by atoms with E-state index in [2.05, 4.69) is 0 Å². The smallest absolute Gasteiger partial charge is 1.00 e. The van der Waals surface area contributed by atoms with E-state index in [9.17, 15) is 0 Å². The molecule has 3 N–H and O–H groups in total. The van der Waals surface area contributed by atoms with E-state index in [1.807, 2.05) is 0 Å². The molecule has 0 aromatic heterocycles. The molecule has 0 saturated heterocycles. The van der Waals surface area contributed by atoms with Gasteiger partial charge in [-0.25, -0.2) is 0 Å². The van der Waals surface area contributed by atoms with Crippen LogP contribution in [0, 0.1) is 0 Å². The second kappa shape index (κ2) is 39.1. The molecule has 0 aliphatic heterocycles. The maximum atomic E-state index is 0. The molecule has 0 amide bonds. The van der Waals surface area contributed by atoms with Gasteiger partial charge in [0.15, 0.2) is 17.4 Å². The van der Waals surface area contributed by atoms with Crippen molar-refractivity contribution in [1.29, 1.82) is 0 Å². The summed E-state index contributed by atoms with van der Waals surface area (Å²) in [6.07, 6.45) is 0. The fourth-order valence-corrected chi connectivity index (χ4v) is 0. The fourth-order valence-electron chi connectivity index (χ4n) is 0. The Hall–Kier alpha value is 1.91. The molecule has 0 radical (unpaired) electrons. The Kier molecular flexibility index (Phi) is 519. The van der Waals surface area contributed by atoms with E-state index < -0.39 is 0 Å². The van der Waals surface area contributed by atoms with Gasteiger partial charge in [-0.05, 0) is 11.0 Å². The van der Waals surface area contributed by atoms with Gasteiger partial charge in [0.2, 0.25) is 0 Å². The van der Waals surface area contributed by atoms with Gasteiger partial charge in [0.1, 0.15) is 0 Å². The Morgan fingerprint density at radius 3 is 1.20 bits per heavy atom. The molecule has 1 atom stereocenters. The number of hydrogen-bond donors (Lipinski definition) is 1. The topological polar surface area (TPSA) is 35.0 Å². The summed E-state index contributed by atoms with van der Waals surface area (Å²) in [5, 5.41) is 0. The molecule has 0 bridgehead atoms. The summed E-state index contributed by atoms with van der Waals surface area (Å²) in [5.41, 5.74) is 0. The Balaban J connectivity index is 0. The van der Waals surface area contributed by atoms with Crippen LogP contribution in [0.25, 0.3) is 0 Å². The van der Waals surface area contributed by atoms with E-state index in [4.69, 9.17) is 0 Å². The van der Waals surface area contributed by atoms with Gasteiger partial charge in [0.25, 0.3) is 0 Å². The van der Waals surface area contributed by atoms with Crippen molar-refractivity contribution in [3.63, 3.8) is 0 Å². The molecule has 34 valence electrons. The standard InChI is InChI=1S/Al.Mg.H3N.H3P.H4Si.5H/h;;2*1H3;1H4;;;;;/q;+2;;;;;;;2*-1. The molecule has 0 rings (SSSR count). The Bertz CT molecular complexity index is 17.7. The second-order valence-corrected chi connectivity index (χ2v) is 0. The van der Waals surface area contributed by atoms with Gasteiger partial charge in [0, 0.05) is 0 Å². The first-order valence-electron chi connectivity index (χ1n) is 0. The molecular formula is H15AlMgNPSi. The third kappa shape index (κ3) is 24.8. The van der Waals surface area contributed by atoms with Crippen LogP contribution < -0.4 is 6.15 Å². The number of hydrogen-bond acceptors (Lipinski definition) is 1. The molecule has 0 aliphatic carbocycles. The van der Waals surface area contributed by atoms with Crippen LogP contribution in [-0.4, -0.2) is 51.4 Å². The van der Waals surface area contributed by atoms with Crippen molar-refractivity contribution in [3.05, 3.63) is 0 Å². The van der Waals surface area contributed by atoms with Gasteiger partial charge < -0.3 is 9.00 Å². The molecule has 0 spiro atoms. The average molecular weight is 139 g/mol. The predicted octanol–water partition coefficient (Wildman–Crippen LogP) is -2.57. The first kappa shape index (κ1) is 66.3. The van der Waals surface area contributed by atoms with E-state index in [1.54, 1.807) is 0 Å². The van der Waals surface area contributed by atoms with Crippen LogP contribution in [0.15, 0.2) is 0 Å². The molecule has 0 heterocycles. The van der Waals surface area contributed by atoms with E-state index in [0.29, 0.717) is 0 Å². The molecule has 0 fully saturated rings. The van der Waals surface area contributed by atoms with Gasteiger partial charge in [-0.2, -0.15) is 9.90 Å². The maximum absolute atomic E-state index is 0. The minimum atomic E-state index is 0. The molecule has 5 heavy (non-hydrogen) atoms. The normalized spacial score (nSPS) is 0. The summed E-state index contributed by atoms with van der Waals surface area (Å²) in [4.78, 5) is 0. The average Bonchev–Trinajstić information content (AvgIpc) is 0. The molecule has 5 heteroatoms. The van der Waals surface area contributed by atoms with Crippen molar-refractivity contribution >= 4 is 61.3 Å². The van der Waals surface area contributed by atoms with Gasteiger partial charge in [0.05, 0.1) is 0 Å². The van der Waals surface area contributed by atoms with E-state index in [0.717, 1.165) is 0 Å². The second-order valence-electron chi connectivity index (χ2n) is 0. The zero-order valence-corrected chi connectivity index (χ0v) is 4.95. The van der Waals surface area contributed by atoms with E-state index in [1.165, 1.54) is 0 Å². The quantitative estimate of drug-likeness (QED) is 0.291. The molecule has 0 aromatic rings. The van der Waals surface area contributed by atoms with Gasteiger partial charge >= 0.3 is 23.1 Å². The van der Waals surface area contributed by atoms with Crippen LogP contribution in [0.1, 0.15) is 2.85 Å². The van der Waals surface area contributed by atoms with Crippen molar-refractivity contribution in [2.24, 2.45) is 0 Å².